The fourth-order valence-corrected chi connectivity index (χ4v) is 6.12. The van der Waals surface area contributed by atoms with Crippen molar-refractivity contribution in [2.75, 3.05) is 0 Å². The van der Waals surface area contributed by atoms with Gasteiger partial charge in [-0.2, -0.15) is 0 Å². The highest BCUT2D eigenvalue weighted by Gasteiger charge is 2.47. The predicted octanol–water partition coefficient (Wildman–Crippen LogP) is 5.65. The van der Waals surface area contributed by atoms with Crippen LogP contribution < -0.4 is 4.72 Å². The standard InChI is InChI=1S/C27H33F3N2O3S/c1-27(2,3)36(34)31-25(14-18-13-23(29)24(30)15-22(18)28)19-11-20-9-10-21(12-19)32(20)26(33)35-16-17-7-5-4-6-8-17/h4-8,13,15,19-21,25,31H,9-12,14,16H2,1-3H3/t19-,20-,21+,25-,36-/m0/s1. The number of halogens is 3. The van der Waals surface area contributed by atoms with Gasteiger partial charge < -0.3 is 14.2 Å². The molecule has 2 saturated heterocycles. The van der Waals surface area contributed by atoms with E-state index in [0.717, 1.165) is 24.5 Å². The van der Waals surface area contributed by atoms with Crippen LogP contribution >= 0.6 is 0 Å². The lowest BCUT2D eigenvalue weighted by molar-refractivity contribution is 0.0483. The summed E-state index contributed by atoms with van der Waals surface area (Å²) in [6.45, 7) is 5.70. The van der Waals surface area contributed by atoms with Crippen molar-refractivity contribution in [2.45, 2.75) is 82.4 Å². The molecule has 196 valence electrons. The lowest BCUT2D eigenvalue weighted by Gasteiger charge is -2.41. The van der Waals surface area contributed by atoms with Gasteiger partial charge >= 0.3 is 6.09 Å². The first kappa shape index (κ1) is 26.8. The Hall–Kier alpha value is -2.23. The van der Waals surface area contributed by atoms with Gasteiger partial charge in [0.05, 0.1) is 6.04 Å². The maximum absolute atomic E-state index is 14.5. The first-order valence-electron chi connectivity index (χ1n) is 12.3. The van der Waals surface area contributed by atoms with E-state index in [9.17, 15) is 22.5 Å². The van der Waals surface area contributed by atoms with Gasteiger partial charge in [-0.25, -0.2) is 18.0 Å². The fourth-order valence-electron chi connectivity index (χ4n) is 5.22. The van der Waals surface area contributed by atoms with Crippen LogP contribution in [0, 0.1) is 23.4 Å². The summed E-state index contributed by atoms with van der Waals surface area (Å²) in [7, 11) is 0. The van der Waals surface area contributed by atoms with Crippen molar-refractivity contribution >= 4 is 17.5 Å². The largest absolute Gasteiger partial charge is 0.598 e. The molecule has 0 spiro atoms. The summed E-state index contributed by atoms with van der Waals surface area (Å²) in [6.07, 6.45) is 2.63. The molecule has 2 aromatic rings. The lowest BCUT2D eigenvalue weighted by atomic mass is 9.83. The summed E-state index contributed by atoms with van der Waals surface area (Å²) in [5.41, 5.74) is 0.949. The van der Waals surface area contributed by atoms with Gasteiger partial charge in [0, 0.05) is 29.5 Å². The molecule has 9 heteroatoms. The van der Waals surface area contributed by atoms with Gasteiger partial charge in [-0.3, -0.25) is 0 Å². The number of nitrogens with zero attached hydrogens (tertiary/aromatic N) is 1. The summed E-state index contributed by atoms with van der Waals surface area (Å²) < 4.78 is 63.0. The van der Waals surface area contributed by atoms with Crippen molar-refractivity contribution in [3.8, 4) is 0 Å². The molecule has 5 nitrogen and oxygen atoms in total. The molecule has 0 unspecified atom stereocenters. The number of nitrogens with one attached hydrogen (secondary N) is 1. The van der Waals surface area contributed by atoms with Crippen LogP contribution in [0.3, 0.4) is 0 Å². The first-order valence-corrected chi connectivity index (χ1v) is 13.5. The van der Waals surface area contributed by atoms with Crippen molar-refractivity contribution < 1.29 is 27.3 Å². The summed E-state index contributed by atoms with van der Waals surface area (Å²) in [6, 6.07) is 10.4. The van der Waals surface area contributed by atoms with E-state index in [0.29, 0.717) is 18.9 Å². The number of amides is 1. The molecule has 2 bridgehead atoms. The number of ether oxygens (including phenoxy) is 1. The fraction of sp³-hybridized carbons (Fsp3) is 0.519. The number of rotatable bonds is 7. The SMILES string of the molecule is CC(C)(C)[S@+]([O-])N[C@@H](Cc1cc(F)c(F)cc1F)[C@@H]1C[C@H]2CC[C@@H](C1)N2C(=O)OCc1ccccc1. The zero-order chi connectivity index (χ0) is 26.0. The van der Waals surface area contributed by atoms with E-state index in [-0.39, 0.29) is 42.7 Å². The smallest absolute Gasteiger partial charge is 0.410 e. The molecular weight excluding hydrogens is 489 g/mol. The number of fused-ring (bicyclic) bond motifs is 2. The van der Waals surface area contributed by atoms with E-state index in [2.05, 4.69) is 4.72 Å². The normalized spacial score (nSPS) is 23.4. The lowest BCUT2D eigenvalue weighted by Crippen LogP contribution is -2.54. The molecule has 0 saturated carbocycles. The van der Waals surface area contributed by atoms with Gasteiger partial charge in [0.15, 0.2) is 11.6 Å². The van der Waals surface area contributed by atoms with Crippen molar-refractivity contribution in [3.63, 3.8) is 0 Å². The van der Waals surface area contributed by atoms with Crippen LogP contribution in [0.25, 0.3) is 0 Å². The molecule has 2 heterocycles. The number of hydrogen-bond acceptors (Lipinski definition) is 4. The molecule has 5 atom stereocenters. The Morgan fingerprint density at radius 2 is 1.69 bits per heavy atom. The molecule has 0 radical (unpaired) electrons. The van der Waals surface area contributed by atoms with E-state index in [1.807, 2.05) is 56.0 Å². The average Bonchev–Trinajstić information content (AvgIpc) is 3.09. The molecule has 0 aromatic heterocycles. The van der Waals surface area contributed by atoms with Crippen molar-refractivity contribution in [1.29, 1.82) is 0 Å². The minimum Gasteiger partial charge on any atom is -0.598 e. The Bertz CT molecular complexity index is 1050. The van der Waals surface area contributed by atoms with E-state index in [4.69, 9.17) is 4.74 Å². The molecule has 0 aliphatic carbocycles. The molecular formula is C27H33F3N2O3S. The molecule has 2 fully saturated rings. The van der Waals surface area contributed by atoms with E-state index < -0.39 is 39.6 Å². The molecule has 1 N–H and O–H groups in total. The van der Waals surface area contributed by atoms with Crippen molar-refractivity contribution in [1.82, 2.24) is 9.62 Å². The number of benzene rings is 2. The van der Waals surface area contributed by atoms with E-state index in [1.54, 1.807) is 0 Å². The second-order valence-corrected chi connectivity index (χ2v) is 12.7. The molecule has 2 aliphatic rings. The van der Waals surface area contributed by atoms with Crippen molar-refractivity contribution in [2.24, 2.45) is 5.92 Å². The van der Waals surface area contributed by atoms with Gasteiger partial charge in [0.1, 0.15) is 17.2 Å². The maximum atomic E-state index is 14.5. The average molecular weight is 523 g/mol. The second kappa shape index (κ2) is 11.0. The molecule has 4 rings (SSSR count). The van der Waals surface area contributed by atoms with Gasteiger partial charge in [0.2, 0.25) is 0 Å². The van der Waals surface area contributed by atoms with Crippen LogP contribution in [0.15, 0.2) is 42.5 Å². The first-order chi connectivity index (χ1) is 17.0. The number of hydrogen-bond donors (Lipinski definition) is 1. The van der Waals surface area contributed by atoms with Crippen LogP contribution in [0.1, 0.15) is 57.6 Å². The van der Waals surface area contributed by atoms with Crippen molar-refractivity contribution in [3.05, 3.63) is 71.0 Å². The third kappa shape index (κ3) is 6.18. The Kier molecular flexibility index (Phi) is 8.22. The van der Waals surface area contributed by atoms with Crippen LogP contribution in [-0.4, -0.2) is 38.4 Å². The van der Waals surface area contributed by atoms with Gasteiger partial charge in [-0.1, -0.05) is 30.3 Å². The molecule has 1 amide bonds. The molecule has 2 aliphatic heterocycles. The second-order valence-electron chi connectivity index (χ2n) is 10.7. The quantitative estimate of drug-likeness (QED) is 0.377. The highest BCUT2D eigenvalue weighted by Crippen LogP contribution is 2.41. The van der Waals surface area contributed by atoms with Gasteiger partial charge in [-0.05, 0) is 76.0 Å². The summed E-state index contributed by atoms with van der Waals surface area (Å²) in [5, 5.41) is 0. The minimum absolute atomic E-state index is 0.0283. The zero-order valence-electron chi connectivity index (χ0n) is 20.8. The van der Waals surface area contributed by atoms with E-state index in [1.165, 1.54) is 0 Å². The third-order valence-electron chi connectivity index (χ3n) is 7.10. The zero-order valence-corrected chi connectivity index (χ0v) is 21.6. The third-order valence-corrected chi connectivity index (χ3v) is 8.73. The predicted molar refractivity (Wildman–Crippen MR) is 133 cm³/mol. The minimum atomic E-state index is -1.45. The van der Waals surface area contributed by atoms with Gasteiger partial charge in [-0.15, -0.1) is 4.72 Å². The Morgan fingerprint density at radius 1 is 1.08 bits per heavy atom. The maximum Gasteiger partial charge on any atom is 0.410 e. The number of carbonyl (C=O) groups is 1. The Balaban J connectivity index is 1.48. The Morgan fingerprint density at radius 3 is 2.31 bits per heavy atom. The van der Waals surface area contributed by atoms with E-state index >= 15 is 0 Å². The number of piperidine rings is 1. The number of carbonyl (C=O) groups excluding carboxylic acids is 1. The van der Waals surface area contributed by atoms with Crippen LogP contribution in [0.2, 0.25) is 0 Å². The summed E-state index contributed by atoms with van der Waals surface area (Å²) in [4.78, 5) is 14.8. The summed E-state index contributed by atoms with van der Waals surface area (Å²) >= 11 is -1.45. The molecule has 36 heavy (non-hydrogen) atoms. The topological polar surface area (TPSA) is 64.6 Å². The monoisotopic (exact) mass is 522 g/mol. The summed E-state index contributed by atoms with van der Waals surface area (Å²) in [5.74, 6) is -3.20. The van der Waals surface area contributed by atoms with Crippen LogP contribution in [-0.2, 0) is 29.1 Å². The van der Waals surface area contributed by atoms with Crippen LogP contribution in [0.5, 0.6) is 0 Å². The molecule has 2 aromatic carbocycles. The van der Waals surface area contributed by atoms with Crippen LogP contribution in [0.4, 0.5) is 18.0 Å². The van der Waals surface area contributed by atoms with Gasteiger partial charge in [0.25, 0.3) is 0 Å². The highest BCUT2D eigenvalue weighted by molar-refractivity contribution is 7.90. The highest BCUT2D eigenvalue weighted by atomic mass is 32.2. The Labute approximate surface area is 213 Å².